The largest absolute Gasteiger partial charge is 0.507 e. The van der Waals surface area contributed by atoms with Gasteiger partial charge in [0.1, 0.15) is 5.75 Å². The second-order valence-electron chi connectivity index (χ2n) is 5.22. The van der Waals surface area contributed by atoms with Gasteiger partial charge in [-0.2, -0.15) is 5.10 Å². The number of hydrogen-bond acceptors (Lipinski definition) is 5. The lowest BCUT2D eigenvalue weighted by molar-refractivity contribution is -0.118. The Morgan fingerprint density at radius 3 is 2.80 bits per heavy atom. The third-order valence-electron chi connectivity index (χ3n) is 3.50. The zero-order valence-corrected chi connectivity index (χ0v) is 15.1. The van der Waals surface area contributed by atoms with Crippen molar-refractivity contribution in [1.82, 2.24) is 5.32 Å². The number of phenolic OH excluding ortho intramolecular Hbond substituents is 1. The van der Waals surface area contributed by atoms with Crippen molar-refractivity contribution in [2.45, 2.75) is 11.7 Å². The molecule has 0 aromatic heterocycles. The number of amides is 1. The van der Waals surface area contributed by atoms with Gasteiger partial charge in [-0.25, -0.2) is 0 Å². The summed E-state index contributed by atoms with van der Waals surface area (Å²) in [6, 6.07) is 12.1. The molecule has 0 aliphatic carbocycles. The Kier molecular flexibility index (Phi) is 5.63. The second-order valence-corrected chi connectivity index (χ2v) is 7.20. The summed E-state index contributed by atoms with van der Waals surface area (Å²) in [6.45, 7) is 0. The number of para-hydroxylation sites is 1. The summed E-state index contributed by atoms with van der Waals surface area (Å²) in [5.41, 5.74) is 1.35. The Morgan fingerprint density at radius 1 is 1.20 bits per heavy atom. The normalized spacial score (nSPS) is 18.9. The van der Waals surface area contributed by atoms with E-state index in [1.54, 1.807) is 36.4 Å². The maximum absolute atomic E-state index is 12.1. The van der Waals surface area contributed by atoms with Crippen molar-refractivity contribution in [3.63, 3.8) is 0 Å². The van der Waals surface area contributed by atoms with Crippen LogP contribution in [-0.2, 0) is 11.2 Å². The molecule has 128 valence electrons. The summed E-state index contributed by atoms with van der Waals surface area (Å²) in [4.78, 5) is 12.1. The fourth-order valence-electron chi connectivity index (χ4n) is 2.23. The zero-order chi connectivity index (χ0) is 17.8. The third kappa shape index (κ3) is 4.34. The van der Waals surface area contributed by atoms with E-state index in [9.17, 15) is 9.90 Å². The van der Waals surface area contributed by atoms with Crippen LogP contribution in [0, 0.1) is 0 Å². The van der Waals surface area contributed by atoms with Crippen LogP contribution < -0.4 is 5.32 Å². The molecule has 0 radical (unpaired) electrons. The summed E-state index contributed by atoms with van der Waals surface area (Å²) >= 11 is 13.5. The van der Waals surface area contributed by atoms with E-state index in [-0.39, 0.29) is 16.9 Å². The quantitative estimate of drug-likeness (QED) is 0.611. The van der Waals surface area contributed by atoms with Gasteiger partial charge in [0, 0.05) is 5.56 Å². The number of hydrogen-bond donors (Lipinski definition) is 2. The first-order chi connectivity index (χ1) is 12.0. The van der Waals surface area contributed by atoms with Gasteiger partial charge in [-0.1, -0.05) is 59.2 Å². The van der Waals surface area contributed by atoms with Gasteiger partial charge < -0.3 is 10.4 Å². The molecule has 0 unspecified atom stereocenters. The van der Waals surface area contributed by atoms with Crippen LogP contribution in [0.5, 0.6) is 5.75 Å². The highest BCUT2D eigenvalue weighted by atomic mass is 35.5. The number of thioether (sulfide) groups is 1. The van der Waals surface area contributed by atoms with Gasteiger partial charge in [0.15, 0.2) is 5.17 Å². The van der Waals surface area contributed by atoms with Gasteiger partial charge in [0.2, 0.25) is 5.91 Å². The number of rotatable bonds is 4. The van der Waals surface area contributed by atoms with Crippen molar-refractivity contribution in [2.75, 3.05) is 0 Å². The van der Waals surface area contributed by atoms with Crippen molar-refractivity contribution in [3.05, 3.63) is 63.6 Å². The SMILES string of the molecule is O=C1N/C(=N\N=C/c2ccccc2O)S[C@@H]1Cc1cccc(Cl)c1Cl. The first-order valence-corrected chi connectivity index (χ1v) is 8.97. The number of amidine groups is 1. The molecule has 5 nitrogen and oxygen atoms in total. The molecule has 2 aromatic rings. The van der Waals surface area contributed by atoms with Crippen molar-refractivity contribution in [1.29, 1.82) is 0 Å². The summed E-state index contributed by atoms with van der Waals surface area (Å²) in [7, 11) is 0. The third-order valence-corrected chi connectivity index (χ3v) is 5.43. The molecule has 1 saturated heterocycles. The molecule has 2 N–H and O–H groups in total. The number of phenols is 1. The molecule has 3 rings (SSSR count). The van der Waals surface area contributed by atoms with Crippen LogP contribution in [-0.4, -0.2) is 27.6 Å². The maximum Gasteiger partial charge on any atom is 0.239 e. The minimum atomic E-state index is -0.352. The van der Waals surface area contributed by atoms with Crippen molar-refractivity contribution < 1.29 is 9.90 Å². The van der Waals surface area contributed by atoms with Crippen molar-refractivity contribution in [3.8, 4) is 5.75 Å². The average Bonchev–Trinajstić information content (AvgIpc) is 2.93. The zero-order valence-electron chi connectivity index (χ0n) is 12.8. The summed E-state index contributed by atoms with van der Waals surface area (Å²) < 4.78 is 0. The highest BCUT2D eigenvalue weighted by Crippen LogP contribution is 2.30. The fraction of sp³-hybridized carbons (Fsp3) is 0.118. The molecule has 1 aliphatic heterocycles. The van der Waals surface area contributed by atoms with Crippen LogP contribution in [0.3, 0.4) is 0 Å². The number of aromatic hydroxyl groups is 1. The van der Waals surface area contributed by atoms with E-state index in [0.29, 0.717) is 27.2 Å². The van der Waals surface area contributed by atoms with Crippen LogP contribution in [0.1, 0.15) is 11.1 Å². The average molecular weight is 394 g/mol. The van der Waals surface area contributed by atoms with E-state index in [0.717, 1.165) is 5.56 Å². The van der Waals surface area contributed by atoms with Gasteiger partial charge in [-0.3, -0.25) is 4.79 Å². The number of halogens is 2. The first kappa shape index (κ1) is 17.8. The number of carbonyl (C=O) groups is 1. The fourth-order valence-corrected chi connectivity index (χ4v) is 3.58. The monoisotopic (exact) mass is 393 g/mol. The van der Waals surface area contributed by atoms with Crippen LogP contribution in [0.15, 0.2) is 52.7 Å². The Labute approximate surface area is 158 Å². The Morgan fingerprint density at radius 2 is 2.00 bits per heavy atom. The molecule has 1 amide bonds. The number of benzene rings is 2. The summed E-state index contributed by atoms with van der Waals surface area (Å²) in [5.74, 6) is -0.0411. The van der Waals surface area contributed by atoms with Gasteiger partial charge in [0.05, 0.1) is 21.5 Å². The van der Waals surface area contributed by atoms with E-state index in [1.807, 2.05) is 6.07 Å². The Bertz CT molecular complexity index is 871. The predicted octanol–water partition coefficient (Wildman–Crippen LogP) is 3.86. The number of carbonyl (C=O) groups excluding carboxylic acids is 1. The van der Waals surface area contributed by atoms with Crippen LogP contribution in [0.4, 0.5) is 0 Å². The first-order valence-electron chi connectivity index (χ1n) is 7.34. The molecule has 1 aliphatic rings. The van der Waals surface area contributed by atoms with E-state index in [4.69, 9.17) is 23.2 Å². The lowest BCUT2D eigenvalue weighted by atomic mass is 10.1. The molecular weight excluding hydrogens is 381 g/mol. The molecule has 1 atom stereocenters. The molecule has 0 saturated carbocycles. The molecule has 2 aromatic carbocycles. The summed E-state index contributed by atoms with van der Waals surface area (Å²) in [6.07, 6.45) is 1.87. The predicted molar refractivity (Wildman–Crippen MR) is 103 cm³/mol. The number of nitrogens with zero attached hydrogens (tertiary/aromatic N) is 2. The Hall–Kier alpha value is -2.02. The molecule has 0 bridgehead atoms. The van der Waals surface area contributed by atoms with Gasteiger partial charge in [0.25, 0.3) is 0 Å². The smallest absolute Gasteiger partial charge is 0.239 e. The van der Waals surface area contributed by atoms with Gasteiger partial charge in [-0.15, -0.1) is 5.10 Å². The molecule has 8 heteroatoms. The highest BCUT2D eigenvalue weighted by Gasteiger charge is 2.31. The van der Waals surface area contributed by atoms with E-state index in [1.165, 1.54) is 18.0 Å². The van der Waals surface area contributed by atoms with E-state index >= 15 is 0 Å². The standard InChI is InChI=1S/C17H13Cl2N3O2S/c18-12-6-3-5-10(15(12)19)8-14-16(24)21-17(25-14)22-20-9-11-4-1-2-7-13(11)23/h1-7,9,14,23H,8H2,(H,21,22,24)/b20-9-/t14-/m1/s1. The number of nitrogens with one attached hydrogen (secondary N) is 1. The van der Waals surface area contributed by atoms with Gasteiger partial charge >= 0.3 is 0 Å². The lowest BCUT2D eigenvalue weighted by Crippen LogP contribution is -2.26. The minimum absolute atomic E-state index is 0.114. The van der Waals surface area contributed by atoms with Crippen molar-refractivity contribution >= 4 is 52.3 Å². The van der Waals surface area contributed by atoms with Crippen LogP contribution >= 0.6 is 35.0 Å². The molecule has 25 heavy (non-hydrogen) atoms. The lowest BCUT2D eigenvalue weighted by Gasteiger charge is -2.08. The molecular formula is C17H13Cl2N3O2S. The molecule has 1 fully saturated rings. The summed E-state index contributed by atoms with van der Waals surface area (Å²) in [5, 5.41) is 21.2. The van der Waals surface area contributed by atoms with E-state index < -0.39 is 0 Å². The molecule has 1 heterocycles. The maximum atomic E-state index is 12.1. The van der Waals surface area contributed by atoms with Crippen LogP contribution in [0.2, 0.25) is 10.0 Å². The van der Waals surface area contributed by atoms with E-state index in [2.05, 4.69) is 15.5 Å². The Balaban J connectivity index is 1.68. The second kappa shape index (κ2) is 7.91. The molecule has 0 spiro atoms. The van der Waals surface area contributed by atoms with Gasteiger partial charge in [-0.05, 0) is 30.2 Å². The topological polar surface area (TPSA) is 74.0 Å². The van der Waals surface area contributed by atoms with Crippen LogP contribution in [0.25, 0.3) is 0 Å². The minimum Gasteiger partial charge on any atom is -0.507 e. The van der Waals surface area contributed by atoms with Crippen molar-refractivity contribution in [2.24, 2.45) is 10.2 Å². The highest BCUT2D eigenvalue weighted by molar-refractivity contribution is 8.15.